The van der Waals surface area contributed by atoms with Crippen LogP contribution in [0.1, 0.15) is 32.7 Å². The molecule has 0 aliphatic carbocycles. The molecule has 0 saturated carbocycles. The SMILES string of the molecule is COC(c1noc(-c2ccc(O)c(Cl)c2)n1)C(C)(C)C. The first kappa shape index (κ1) is 14.8. The molecule has 20 heavy (non-hydrogen) atoms. The highest BCUT2D eigenvalue weighted by molar-refractivity contribution is 6.32. The Morgan fingerprint density at radius 1 is 1.35 bits per heavy atom. The number of ether oxygens (including phenoxy) is 1. The molecule has 0 aliphatic heterocycles. The van der Waals surface area contributed by atoms with Gasteiger partial charge in [0.2, 0.25) is 5.82 Å². The number of nitrogens with zero attached hydrogens (tertiary/aromatic N) is 2. The zero-order valence-electron chi connectivity index (χ0n) is 11.8. The predicted molar refractivity (Wildman–Crippen MR) is 75.6 cm³/mol. The zero-order chi connectivity index (χ0) is 14.9. The summed E-state index contributed by atoms with van der Waals surface area (Å²) in [6, 6.07) is 4.73. The van der Waals surface area contributed by atoms with Crippen LogP contribution in [0.25, 0.3) is 11.5 Å². The first-order chi connectivity index (χ1) is 9.32. The summed E-state index contributed by atoms with van der Waals surface area (Å²) in [6.07, 6.45) is -0.271. The van der Waals surface area contributed by atoms with E-state index in [0.717, 1.165) is 0 Å². The molecule has 1 N–H and O–H groups in total. The Hall–Kier alpha value is -1.59. The van der Waals surface area contributed by atoms with E-state index < -0.39 is 0 Å². The molecule has 0 aliphatic rings. The van der Waals surface area contributed by atoms with Gasteiger partial charge in [-0.15, -0.1) is 0 Å². The van der Waals surface area contributed by atoms with Crippen molar-refractivity contribution in [3.05, 3.63) is 29.0 Å². The van der Waals surface area contributed by atoms with Crippen molar-refractivity contribution in [2.75, 3.05) is 7.11 Å². The Morgan fingerprint density at radius 3 is 2.60 bits per heavy atom. The summed E-state index contributed by atoms with van der Waals surface area (Å²) in [6.45, 7) is 6.11. The van der Waals surface area contributed by atoms with Gasteiger partial charge in [0.15, 0.2) is 0 Å². The third-order valence-electron chi connectivity index (χ3n) is 2.89. The maximum absolute atomic E-state index is 9.41. The van der Waals surface area contributed by atoms with Crippen LogP contribution in [0, 0.1) is 5.41 Å². The van der Waals surface area contributed by atoms with E-state index in [4.69, 9.17) is 20.9 Å². The minimum absolute atomic E-state index is 0.0135. The van der Waals surface area contributed by atoms with Gasteiger partial charge in [-0.05, 0) is 23.6 Å². The smallest absolute Gasteiger partial charge is 0.258 e. The standard InChI is InChI=1S/C14H17ClN2O3/c1-14(2,3)11(19-4)12-16-13(20-17-12)8-5-6-10(18)9(15)7-8/h5-7,11,18H,1-4H3. The molecule has 0 saturated heterocycles. The molecular formula is C14H17ClN2O3. The van der Waals surface area contributed by atoms with Gasteiger partial charge in [0.1, 0.15) is 11.9 Å². The second kappa shape index (κ2) is 5.42. The van der Waals surface area contributed by atoms with Gasteiger partial charge in [-0.2, -0.15) is 4.98 Å². The van der Waals surface area contributed by atoms with Gasteiger partial charge in [0, 0.05) is 12.7 Å². The van der Waals surface area contributed by atoms with Crippen molar-refractivity contribution in [1.82, 2.24) is 10.1 Å². The number of hydrogen-bond acceptors (Lipinski definition) is 5. The van der Waals surface area contributed by atoms with Crippen LogP contribution in [0.4, 0.5) is 0 Å². The van der Waals surface area contributed by atoms with Crippen molar-refractivity contribution in [2.24, 2.45) is 5.41 Å². The van der Waals surface area contributed by atoms with Crippen LogP contribution < -0.4 is 0 Å². The van der Waals surface area contributed by atoms with E-state index in [0.29, 0.717) is 17.3 Å². The molecule has 0 amide bonds. The van der Waals surface area contributed by atoms with Gasteiger partial charge in [0.05, 0.1) is 5.02 Å². The fraction of sp³-hybridized carbons (Fsp3) is 0.429. The lowest BCUT2D eigenvalue weighted by atomic mass is 9.88. The zero-order valence-corrected chi connectivity index (χ0v) is 12.6. The van der Waals surface area contributed by atoms with Gasteiger partial charge < -0.3 is 14.4 Å². The van der Waals surface area contributed by atoms with Crippen LogP contribution >= 0.6 is 11.6 Å². The number of hydrogen-bond donors (Lipinski definition) is 1. The Morgan fingerprint density at radius 2 is 2.05 bits per heavy atom. The Bertz CT molecular complexity index is 605. The Balaban J connectivity index is 2.35. The number of halogens is 1. The van der Waals surface area contributed by atoms with E-state index in [1.165, 1.54) is 6.07 Å². The molecule has 0 fully saturated rings. The molecule has 1 unspecified atom stereocenters. The summed E-state index contributed by atoms with van der Waals surface area (Å²) in [5.74, 6) is 0.840. The number of methoxy groups -OCH3 is 1. The largest absolute Gasteiger partial charge is 0.506 e. The molecule has 1 aromatic carbocycles. The quantitative estimate of drug-likeness (QED) is 0.932. The van der Waals surface area contributed by atoms with Gasteiger partial charge >= 0.3 is 0 Å². The second-order valence-electron chi connectivity index (χ2n) is 5.61. The summed E-state index contributed by atoms with van der Waals surface area (Å²) >= 11 is 5.87. The van der Waals surface area contributed by atoms with Crippen molar-refractivity contribution in [1.29, 1.82) is 0 Å². The average Bonchev–Trinajstić information content (AvgIpc) is 2.81. The minimum atomic E-state index is -0.271. The van der Waals surface area contributed by atoms with Crippen molar-refractivity contribution < 1.29 is 14.4 Å². The topological polar surface area (TPSA) is 68.4 Å². The van der Waals surface area contributed by atoms with Crippen LogP contribution in [0.3, 0.4) is 0 Å². The maximum atomic E-state index is 9.41. The number of phenolic OH excluding ortho intramolecular Hbond substituents is 1. The molecule has 0 bridgehead atoms. The van der Waals surface area contributed by atoms with E-state index in [2.05, 4.69) is 10.1 Å². The summed E-state index contributed by atoms with van der Waals surface area (Å²) in [5, 5.41) is 13.6. The lowest BCUT2D eigenvalue weighted by Gasteiger charge is -2.26. The van der Waals surface area contributed by atoms with Crippen LogP contribution in [0.5, 0.6) is 5.75 Å². The Labute approximate surface area is 122 Å². The maximum Gasteiger partial charge on any atom is 0.258 e. The molecule has 108 valence electrons. The molecule has 6 heteroatoms. The highest BCUT2D eigenvalue weighted by atomic mass is 35.5. The van der Waals surface area contributed by atoms with Crippen molar-refractivity contribution >= 4 is 11.6 Å². The van der Waals surface area contributed by atoms with E-state index in [9.17, 15) is 5.11 Å². The van der Waals surface area contributed by atoms with Crippen molar-refractivity contribution in [3.8, 4) is 17.2 Å². The van der Waals surface area contributed by atoms with E-state index in [-0.39, 0.29) is 22.3 Å². The molecule has 2 rings (SSSR count). The highest BCUT2D eigenvalue weighted by Gasteiger charge is 2.30. The first-order valence-corrected chi connectivity index (χ1v) is 6.56. The summed E-state index contributed by atoms with van der Waals surface area (Å²) in [7, 11) is 1.61. The van der Waals surface area contributed by atoms with E-state index in [1.54, 1.807) is 19.2 Å². The van der Waals surface area contributed by atoms with Crippen molar-refractivity contribution in [2.45, 2.75) is 26.9 Å². The summed E-state index contributed by atoms with van der Waals surface area (Å²) in [4.78, 5) is 4.35. The van der Waals surface area contributed by atoms with Crippen LogP contribution in [0.2, 0.25) is 5.02 Å². The molecule has 1 atom stereocenters. The van der Waals surface area contributed by atoms with Crippen LogP contribution in [0.15, 0.2) is 22.7 Å². The van der Waals surface area contributed by atoms with E-state index in [1.807, 2.05) is 20.8 Å². The molecule has 0 radical (unpaired) electrons. The molecule has 1 heterocycles. The molecule has 0 spiro atoms. The van der Waals surface area contributed by atoms with Crippen LogP contribution in [-0.4, -0.2) is 22.4 Å². The van der Waals surface area contributed by atoms with Gasteiger partial charge in [-0.25, -0.2) is 0 Å². The van der Waals surface area contributed by atoms with Gasteiger partial charge in [-0.1, -0.05) is 37.5 Å². The molecule has 2 aromatic rings. The molecule has 1 aromatic heterocycles. The lowest BCUT2D eigenvalue weighted by molar-refractivity contribution is 0.00718. The number of phenols is 1. The fourth-order valence-corrected chi connectivity index (χ4v) is 2.13. The summed E-state index contributed by atoms with van der Waals surface area (Å²) in [5.41, 5.74) is 0.498. The molecular weight excluding hydrogens is 280 g/mol. The van der Waals surface area contributed by atoms with Crippen molar-refractivity contribution in [3.63, 3.8) is 0 Å². The second-order valence-corrected chi connectivity index (χ2v) is 6.01. The average molecular weight is 297 g/mol. The fourth-order valence-electron chi connectivity index (χ4n) is 1.94. The lowest BCUT2D eigenvalue weighted by Crippen LogP contribution is -2.21. The molecule has 5 nitrogen and oxygen atoms in total. The number of benzene rings is 1. The van der Waals surface area contributed by atoms with Gasteiger partial charge in [0.25, 0.3) is 5.89 Å². The van der Waals surface area contributed by atoms with Gasteiger partial charge in [-0.3, -0.25) is 0 Å². The monoisotopic (exact) mass is 296 g/mol. The van der Waals surface area contributed by atoms with E-state index >= 15 is 0 Å². The number of rotatable bonds is 3. The first-order valence-electron chi connectivity index (χ1n) is 6.18. The number of aromatic nitrogens is 2. The summed E-state index contributed by atoms with van der Waals surface area (Å²) < 4.78 is 10.7. The Kier molecular flexibility index (Phi) is 4.01. The predicted octanol–water partition coefficient (Wildman–Crippen LogP) is 3.83. The third-order valence-corrected chi connectivity index (χ3v) is 3.20. The van der Waals surface area contributed by atoms with Crippen LogP contribution in [-0.2, 0) is 4.74 Å². The highest BCUT2D eigenvalue weighted by Crippen LogP contribution is 2.35. The number of aromatic hydroxyl groups is 1. The minimum Gasteiger partial charge on any atom is -0.506 e. The normalized spacial score (nSPS) is 13.4. The third kappa shape index (κ3) is 2.94.